The van der Waals surface area contributed by atoms with Crippen molar-refractivity contribution in [3.05, 3.63) is 0 Å². The van der Waals surface area contributed by atoms with E-state index >= 15 is 0 Å². The van der Waals surface area contributed by atoms with Crippen LogP contribution in [0.15, 0.2) is 0 Å². The van der Waals surface area contributed by atoms with E-state index in [1.165, 1.54) is 6.92 Å². The molecule has 186 valence electrons. The molecule has 1 saturated carbocycles. The van der Waals surface area contributed by atoms with E-state index in [1.54, 1.807) is 13.8 Å². The predicted octanol–water partition coefficient (Wildman–Crippen LogP) is 0.745. The van der Waals surface area contributed by atoms with Gasteiger partial charge in [-0.15, -0.1) is 0 Å². The molecule has 0 spiro atoms. The first-order valence-corrected chi connectivity index (χ1v) is 13.1. The quantitative estimate of drug-likeness (QED) is 0.306. The van der Waals surface area contributed by atoms with Gasteiger partial charge in [-0.1, -0.05) is 34.1 Å². The van der Waals surface area contributed by atoms with Crippen LogP contribution in [0.4, 0.5) is 0 Å². The summed E-state index contributed by atoms with van der Waals surface area (Å²) in [6.07, 6.45) is 0.536. The van der Waals surface area contributed by atoms with Crippen LogP contribution in [-0.2, 0) is 24.4 Å². The summed E-state index contributed by atoms with van der Waals surface area (Å²) in [7, 11) is -3.53. The van der Waals surface area contributed by atoms with Crippen molar-refractivity contribution in [1.82, 2.24) is 10.0 Å². The maximum Gasteiger partial charge on any atom is 0.226 e. The van der Waals surface area contributed by atoms with E-state index in [1.807, 2.05) is 13.8 Å². The van der Waals surface area contributed by atoms with Gasteiger partial charge in [0.05, 0.1) is 23.3 Å². The van der Waals surface area contributed by atoms with E-state index in [9.17, 15) is 27.9 Å². The molecule has 5 N–H and O–H groups in total. The molecule has 5 atom stereocenters. The third kappa shape index (κ3) is 8.53. The molecule has 0 aromatic heterocycles. The molecule has 0 aromatic carbocycles. The standard InChI is InChI=1S/C22H41N3O6S/c1-13(2)12-24-32(30,31)17-8-6-7-16(9-17)20(27)10-18(15(5)26)22(29)25-19(11-23)21(28)14(3)4/h13-19,24,26H,6-12,23H2,1-5H3,(H,25,29)/t15-,16+,17-,18-,19-/m0/s1. The van der Waals surface area contributed by atoms with Crippen molar-refractivity contribution in [2.24, 2.45) is 29.4 Å². The molecule has 0 aromatic rings. The summed E-state index contributed by atoms with van der Waals surface area (Å²) < 4.78 is 27.8. The summed E-state index contributed by atoms with van der Waals surface area (Å²) in [5, 5.41) is 12.1. The Bertz CT molecular complexity index is 751. The second-order valence-electron chi connectivity index (χ2n) is 9.64. The molecule has 1 rings (SSSR count). The van der Waals surface area contributed by atoms with E-state index < -0.39 is 45.2 Å². The molecule has 0 bridgehead atoms. The monoisotopic (exact) mass is 475 g/mol. The van der Waals surface area contributed by atoms with Crippen molar-refractivity contribution < 1.29 is 27.9 Å². The highest BCUT2D eigenvalue weighted by Crippen LogP contribution is 2.31. The van der Waals surface area contributed by atoms with Gasteiger partial charge in [-0.3, -0.25) is 14.4 Å². The lowest BCUT2D eigenvalue weighted by atomic mass is 9.81. The number of carbonyl (C=O) groups is 3. The average molecular weight is 476 g/mol. The minimum atomic E-state index is -3.53. The Labute approximate surface area is 192 Å². The van der Waals surface area contributed by atoms with Gasteiger partial charge in [0.2, 0.25) is 15.9 Å². The van der Waals surface area contributed by atoms with Gasteiger partial charge in [0, 0.05) is 31.3 Å². The Morgan fingerprint density at radius 1 is 1.09 bits per heavy atom. The molecule has 9 nitrogen and oxygen atoms in total. The maximum absolute atomic E-state index is 13.0. The molecule has 0 aliphatic heterocycles. The molecule has 0 heterocycles. The number of hydrogen-bond donors (Lipinski definition) is 4. The van der Waals surface area contributed by atoms with Crippen molar-refractivity contribution in [1.29, 1.82) is 0 Å². The SMILES string of the molecule is CC(C)CNS(=O)(=O)[C@H]1CCC[C@@H](C(=O)C[C@H](C(=O)N[C@@H](CN)C(=O)C(C)C)[C@H](C)O)C1. The number of aliphatic hydroxyl groups is 1. The fourth-order valence-electron chi connectivity index (χ4n) is 3.91. The Hall–Kier alpha value is -1.36. The number of sulfonamides is 1. The molecule has 0 radical (unpaired) electrons. The van der Waals surface area contributed by atoms with Crippen LogP contribution < -0.4 is 15.8 Å². The van der Waals surface area contributed by atoms with Crippen molar-refractivity contribution in [3.63, 3.8) is 0 Å². The van der Waals surface area contributed by atoms with Gasteiger partial charge in [0.1, 0.15) is 5.78 Å². The highest BCUT2D eigenvalue weighted by Gasteiger charge is 2.37. The van der Waals surface area contributed by atoms with Crippen LogP contribution in [-0.4, -0.2) is 61.5 Å². The van der Waals surface area contributed by atoms with Crippen LogP contribution in [0.25, 0.3) is 0 Å². The molecule has 1 amide bonds. The number of ketones is 2. The fraction of sp³-hybridized carbons (Fsp3) is 0.864. The number of rotatable bonds is 13. The summed E-state index contributed by atoms with van der Waals surface area (Å²) in [4.78, 5) is 37.9. The van der Waals surface area contributed by atoms with Crippen molar-refractivity contribution >= 4 is 27.5 Å². The largest absolute Gasteiger partial charge is 0.393 e. The first-order valence-electron chi connectivity index (χ1n) is 11.5. The molecule has 32 heavy (non-hydrogen) atoms. The molecule has 0 saturated heterocycles. The van der Waals surface area contributed by atoms with E-state index in [0.29, 0.717) is 25.8 Å². The molecule has 1 aliphatic carbocycles. The summed E-state index contributed by atoms with van der Waals surface area (Å²) in [5.41, 5.74) is 5.63. The van der Waals surface area contributed by atoms with E-state index in [4.69, 9.17) is 5.73 Å². The Kier molecular flexibility index (Phi) is 11.4. The topological polar surface area (TPSA) is 156 Å². The number of hydrogen-bond acceptors (Lipinski definition) is 7. The van der Waals surface area contributed by atoms with E-state index in [0.717, 1.165) is 0 Å². The molecular weight excluding hydrogens is 434 g/mol. The van der Waals surface area contributed by atoms with Crippen LogP contribution in [0.2, 0.25) is 0 Å². The molecule has 1 fully saturated rings. The molecule has 0 unspecified atom stereocenters. The van der Waals surface area contributed by atoms with E-state index in [-0.39, 0.29) is 42.8 Å². The Morgan fingerprint density at radius 2 is 1.72 bits per heavy atom. The normalized spacial score (nSPS) is 22.4. The summed E-state index contributed by atoms with van der Waals surface area (Å²) in [6.45, 7) is 8.94. The van der Waals surface area contributed by atoms with Crippen LogP contribution in [0.3, 0.4) is 0 Å². The van der Waals surface area contributed by atoms with Crippen LogP contribution in [0.1, 0.15) is 66.7 Å². The first-order chi connectivity index (χ1) is 14.8. The smallest absolute Gasteiger partial charge is 0.226 e. The zero-order chi connectivity index (χ0) is 24.6. The molecule has 1 aliphatic rings. The lowest BCUT2D eigenvalue weighted by molar-refractivity contribution is -0.137. The summed E-state index contributed by atoms with van der Waals surface area (Å²) in [5.74, 6) is -2.72. The zero-order valence-electron chi connectivity index (χ0n) is 20.0. The van der Waals surface area contributed by atoms with Gasteiger partial charge >= 0.3 is 0 Å². The Morgan fingerprint density at radius 3 is 2.22 bits per heavy atom. The minimum absolute atomic E-state index is 0.0746. The summed E-state index contributed by atoms with van der Waals surface area (Å²) in [6, 6.07) is -0.880. The minimum Gasteiger partial charge on any atom is -0.393 e. The number of aliphatic hydroxyl groups excluding tert-OH is 1. The number of carbonyl (C=O) groups excluding carboxylic acids is 3. The van der Waals surface area contributed by atoms with Gasteiger partial charge in [-0.2, -0.15) is 0 Å². The molecular formula is C22H41N3O6S. The maximum atomic E-state index is 13.0. The van der Waals surface area contributed by atoms with Crippen molar-refractivity contribution in [3.8, 4) is 0 Å². The lowest BCUT2D eigenvalue weighted by Crippen LogP contribution is -2.51. The number of nitrogens with two attached hydrogens (primary N) is 1. The molecule has 10 heteroatoms. The van der Waals surface area contributed by atoms with Crippen molar-refractivity contribution in [2.75, 3.05) is 13.1 Å². The average Bonchev–Trinajstić information content (AvgIpc) is 2.73. The van der Waals surface area contributed by atoms with Crippen LogP contribution in [0.5, 0.6) is 0 Å². The van der Waals surface area contributed by atoms with Gasteiger partial charge in [-0.25, -0.2) is 13.1 Å². The van der Waals surface area contributed by atoms with Gasteiger partial charge < -0.3 is 16.2 Å². The predicted molar refractivity (Wildman–Crippen MR) is 123 cm³/mol. The van der Waals surface area contributed by atoms with Crippen LogP contribution >= 0.6 is 0 Å². The number of nitrogens with one attached hydrogen (secondary N) is 2. The van der Waals surface area contributed by atoms with Gasteiger partial charge in [-0.05, 0) is 32.1 Å². The number of Topliss-reactive ketones (excluding diaryl/α,β-unsaturated/α-hetero) is 2. The third-order valence-corrected chi connectivity index (χ3v) is 7.89. The second-order valence-corrected chi connectivity index (χ2v) is 11.7. The van der Waals surface area contributed by atoms with Gasteiger partial charge in [0.25, 0.3) is 0 Å². The second kappa shape index (κ2) is 12.8. The van der Waals surface area contributed by atoms with Crippen LogP contribution in [0, 0.1) is 23.7 Å². The lowest BCUT2D eigenvalue weighted by Gasteiger charge is -2.30. The third-order valence-electron chi connectivity index (χ3n) is 6.02. The van der Waals surface area contributed by atoms with Gasteiger partial charge in [0.15, 0.2) is 5.78 Å². The number of amides is 1. The zero-order valence-corrected chi connectivity index (χ0v) is 20.8. The Balaban J connectivity index is 2.83. The van der Waals surface area contributed by atoms with E-state index in [2.05, 4.69) is 10.0 Å². The summed E-state index contributed by atoms with van der Waals surface area (Å²) >= 11 is 0. The highest BCUT2D eigenvalue weighted by atomic mass is 32.2. The first kappa shape index (κ1) is 28.7. The fourth-order valence-corrected chi connectivity index (χ4v) is 5.68. The highest BCUT2D eigenvalue weighted by molar-refractivity contribution is 7.90. The van der Waals surface area contributed by atoms with Crippen molar-refractivity contribution in [2.45, 2.75) is 84.1 Å².